The zero-order valence-corrected chi connectivity index (χ0v) is 29.7. The number of nitrogens with two attached hydrogens (primary N) is 1. The number of amides is 4. The number of rotatable bonds is 13. The minimum atomic E-state index is -1.66. The average molecular weight is 741 g/mol. The van der Waals surface area contributed by atoms with Gasteiger partial charge >= 0.3 is 6.09 Å². The second-order valence-corrected chi connectivity index (χ2v) is 14.0. The van der Waals surface area contributed by atoms with Crippen molar-refractivity contribution < 1.29 is 33.8 Å². The summed E-state index contributed by atoms with van der Waals surface area (Å²) in [6.45, 7) is 3.32. The third-order valence-corrected chi connectivity index (χ3v) is 10.2. The van der Waals surface area contributed by atoms with Gasteiger partial charge in [-0.25, -0.2) is 9.18 Å². The lowest BCUT2D eigenvalue weighted by atomic mass is 9.78. The van der Waals surface area contributed by atoms with E-state index in [4.69, 9.17) is 28.9 Å². The van der Waals surface area contributed by atoms with E-state index in [0.717, 1.165) is 16.2 Å². The molecule has 3 aromatic carbocycles. The lowest BCUT2D eigenvalue weighted by molar-refractivity contribution is -0.138. The Labute approximate surface area is 304 Å². The average Bonchev–Trinajstić information content (AvgIpc) is 3.44. The summed E-state index contributed by atoms with van der Waals surface area (Å²) in [7, 11) is 0. The van der Waals surface area contributed by atoms with Crippen molar-refractivity contribution in [2.45, 2.75) is 76.5 Å². The first kappa shape index (κ1) is 37.4. The van der Waals surface area contributed by atoms with Crippen molar-refractivity contribution in [3.63, 3.8) is 0 Å². The van der Waals surface area contributed by atoms with Gasteiger partial charge in [-0.3, -0.25) is 19.3 Å². The van der Waals surface area contributed by atoms with Gasteiger partial charge in [0.15, 0.2) is 0 Å². The molecule has 1 unspecified atom stereocenters. The highest BCUT2D eigenvalue weighted by molar-refractivity contribution is 6.38. The highest BCUT2D eigenvalue weighted by Crippen LogP contribution is 2.38. The number of carbonyl (C=O) groups excluding carboxylic acids is 3. The number of H-pyrrole nitrogens is 1. The van der Waals surface area contributed by atoms with Gasteiger partial charge in [0.05, 0.1) is 10.5 Å². The van der Waals surface area contributed by atoms with Crippen LogP contribution in [0.1, 0.15) is 55.5 Å². The summed E-state index contributed by atoms with van der Waals surface area (Å²) in [5, 5.41) is 27.3. The summed E-state index contributed by atoms with van der Waals surface area (Å²) >= 11 is 12.9. The molecular weight excluding hydrogens is 700 g/mol. The number of nitrogens with one attached hydrogen (secondary N) is 3. The number of aromatic amines is 1. The van der Waals surface area contributed by atoms with E-state index in [-0.39, 0.29) is 43.9 Å². The third kappa shape index (κ3) is 8.40. The Morgan fingerprint density at radius 3 is 2.45 bits per heavy atom. The number of aromatic hydroxyl groups is 1. The highest BCUT2D eigenvalue weighted by Gasteiger charge is 2.47. The molecule has 0 aliphatic heterocycles. The molecule has 11 nitrogen and oxygen atoms in total. The van der Waals surface area contributed by atoms with E-state index < -0.39 is 47.3 Å². The van der Waals surface area contributed by atoms with Crippen molar-refractivity contribution in [3.8, 4) is 5.75 Å². The fourth-order valence-electron chi connectivity index (χ4n) is 6.69. The van der Waals surface area contributed by atoms with Gasteiger partial charge in [-0.05, 0) is 84.7 Å². The molecule has 4 amide bonds. The van der Waals surface area contributed by atoms with Crippen molar-refractivity contribution in [1.82, 2.24) is 20.5 Å². The molecule has 7 N–H and O–H groups in total. The van der Waals surface area contributed by atoms with E-state index in [1.165, 1.54) is 30.3 Å². The van der Waals surface area contributed by atoms with Crippen molar-refractivity contribution in [1.29, 1.82) is 0 Å². The van der Waals surface area contributed by atoms with Crippen LogP contribution >= 0.6 is 23.2 Å². The SMILES string of the molecule is CCC(C)[C@H](NC(=O)[C@@]1(NC(=O)[C@H](CCc2ccc(O)cc2)N(Cc2cccc(F)c2)C(=O)O)CCc2[nH]c3c(Cl)cc(Cl)cc3c2C1)C(N)=O. The molecule has 1 aliphatic carbocycles. The minimum absolute atomic E-state index is 0.0176. The molecule has 14 heteroatoms. The molecule has 51 heavy (non-hydrogen) atoms. The van der Waals surface area contributed by atoms with Crippen molar-refractivity contribution in [2.24, 2.45) is 11.7 Å². The number of aryl methyl sites for hydroxylation is 2. The fourth-order valence-corrected chi connectivity index (χ4v) is 7.23. The largest absolute Gasteiger partial charge is 0.508 e. The normalized spacial score (nSPS) is 17.2. The van der Waals surface area contributed by atoms with Gasteiger partial charge in [0, 0.05) is 29.1 Å². The van der Waals surface area contributed by atoms with Crippen LogP contribution in [-0.4, -0.2) is 61.5 Å². The standard InChI is InChI=1S/C37H40Cl2FN5O6/c1-3-20(2)31(33(41)47)43-35(49)37(14-13-29-27(18-37)26-16-23(38)17-28(39)32(26)42-29)44-34(48)30(12-9-21-7-10-25(46)11-8-21)45(36(50)51)19-22-5-4-6-24(40)15-22/h4-8,10-11,15-17,20,30-31,42,46H,3,9,12-14,18-19H2,1-2H3,(H2,41,47)(H,43,49)(H,44,48)(H,50,51)/t20?,30-,31-,37+/m0/s1. The maximum atomic E-state index is 14.6. The number of halogens is 3. The molecule has 270 valence electrons. The van der Waals surface area contributed by atoms with Gasteiger partial charge in [-0.2, -0.15) is 0 Å². The number of primary amides is 1. The number of phenolic OH excluding ortho intramolecular Hbond substituents is 1. The van der Waals surface area contributed by atoms with E-state index in [1.807, 2.05) is 6.92 Å². The third-order valence-electron chi connectivity index (χ3n) is 9.71. The molecule has 4 aromatic rings. The smallest absolute Gasteiger partial charge is 0.408 e. The number of aromatic nitrogens is 1. The fraction of sp³-hybridized carbons (Fsp3) is 0.351. The number of nitrogens with zero attached hydrogens (tertiary/aromatic N) is 1. The van der Waals surface area contributed by atoms with Gasteiger partial charge < -0.3 is 31.6 Å². The highest BCUT2D eigenvalue weighted by atomic mass is 35.5. The number of hydrogen-bond donors (Lipinski definition) is 6. The van der Waals surface area contributed by atoms with Gasteiger partial charge in [-0.1, -0.05) is 67.7 Å². The Hall–Kier alpha value is -4.81. The second kappa shape index (κ2) is 15.6. The van der Waals surface area contributed by atoms with Crippen LogP contribution in [0.2, 0.25) is 10.0 Å². The summed E-state index contributed by atoms with van der Waals surface area (Å²) in [5.74, 6) is -3.00. The van der Waals surface area contributed by atoms with Crippen LogP contribution in [0.15, 0.2) is 60.7 Å². The molecule has 5 rings (SSSR count). The topological polar surface area (TPSA) is 178 Å². The summed E-state index contributed by atoms with van der Waals surface area (Å²) in [6, 6.07) is 12.6. The quantitative estimate of drug-likeness (QED) is 0.100. The monoisotopic (exact) mass is 739 g/mol. The van der Waals surface area contributed by atoms with Crippen LogP contribution in [-0.2, 0) is 40.2 Å². The number of hydrogen-bond acceptors (Lipinski definition) is 5. The van der Waals surface area contributed by atoms with Crippen molar-refractivity contribution >= 4 is 57.9 Å². The number of fused-ring (bicyclic) bond motifs is 3. The molecule has 0 spiro atoms. The van der Waals surface area contributed by atoms with Crippen LogP contribution in [0.25, 0.3) is 10.9 Å². The Morgan fingerprint density at radius 2 is 1.80 bits per heavy atom. The number of carboxylic acid groups (broad SMARTS) is 1. The van der Waals surface area contributed by atoms with Crippen LogP contribution in [0.3, 0.4) is 0 Å². The Balaban J connectivity index is 1.56. The van der Waals surface area contributed by atoms with E-state index in [1.54, 1.807) is 37.3 Å². The van der Waals surface area contributed by atoms with E-state index in [0.29, 0.717) is 44.9 Å². The first-order valence-corrected chi connectivity index (χ1v) is 17.4. The molecule has 0 saturated heterocycles. The van der Waals surface area contributed by atoms with Crippen molar-refractivity contribution in [3.05, 3.63) is 98.9 Å². The summed E-state index contributed by atoms with van der Waals surface area (Å²) in [6.07, 6.45) is -0.346. The minimum Gasteiger partial charge on any atom is -0.508 e. The molecule has 1 heterocycles. The summed E-state index contributed by atoms with van der Waals surface area (Å²) in [5.41, 5.74) is 7.20. The second-order valence-electron chi connectivity index (χ2n) is 13.1. The zero-order valence-electron chi connectivity index (χ0n) is 28.1. The van der Waals surface area contributed by atoms with Crippen LogP contribution in [0.5, 0.6) is 5.75 Å². The van der Waals surface area contributed by atoms with Gasteiger partial charge in [-0.15, -0.1) is 0 Å². The van der Waals surface area contributed by atoms with Crippen LogP contribution in [0, 0.1) is 11.7 Å². The first-order valence-electron chi connectivity index (χ1n) is 16.6. The lowest BCUT2D eigenvalue weighted by Crippen LogP contribution is -2.66. The molecule has 1 aliphatic rings. The van der Waals surface area contributed by atoms with Crippen LogP contribution in [0.4, 0.5) is 9.18 Å². The number of carbonyl (C=O) groups is 4. The molecule has 0 fully saturated rings. The van der Waals surface area contributed by atoms with E-state index in [9.17, 15) is 33.8 Å². The molecule has 0 radical (unpaired) electrons. The van der Waals surface area contributed by atoms with Gasteiger partial charge in [0.2, 0.25) is 17.7 Å². The van der Waals surface area contributed by atoms with E-state index >= 15 is 0 Å². The maximum Gasteiger partial charge on any atom is 0.408 e. The summed E-state index contributed by atoms with van der Waals surface area (Å²) < 4.78 is 14.2. The zero-order chi connectivity index (χ0) is 37.0. The molecule has 0 saturated carbocycles. The lowest BCUT2D eigenvalue weighted by Gasteiger charge is -2.40. The number of benzene rings is 3. The Kier molecular flexibility index (Phi) is 11.5. The first-order chi connectivity index (χ1) is 24.2. The Bertz CT molecular complexity index is 1950. The molecular formula is C37H40Cl2FN5O6. The maximum absolute atomic E-state index is 14.6. The van der Waals surface area contributed by atoms with E-state index in [2.05, 4.69) is 15.6 Å². The predicted octanol–water partition coefficient (Wildman–Crippen LogP) is 5.86. The molecule has 1 aromatic heterocycles. The Morgan fingerprint density at radius 1 is 1.08 bits per heavy atom. The van der Waals surface area contributed by atoms with Gasteiger partial charge in [0.25, 0.3) is 0 Å². The predicted molar refractivity (Wildman–Crippen MR) is 192 cm³/mol. The van der Waals surface area contributed by atoms with Crippen LogP contribution < -0.4 is 16.4 Å². The summed E-state index contributed by atoms with van der Waals surface area (Å²) in [4.78, 5) is 58.6. The number of phenols is 1. The molecule has 0 bridgehead atoms. The van der Waals surface area contributed by atoms with Gasteiger partial charge in [0.1, 0.15) is 29.2 Å². The van der Waals surface area contributed by atoms with Crippen molar-refractivity contribution in [2.75, 3.05) is 0 Å². The molecule has 4 atom stereocenters.